The molecule has 0 spiro atoms. The van der Waals surface area contributed by atoms with E-state index in [9.17, 15) is 4.79 Å². The number of aromatic nitrogens is 1. The van der Waals surface area contributed by atoms with E-state index in [0.717, 1.165) is 16.8 Å². The lowest BCUT2D eigenvalue weighted by atomic mass is 10.1. The van der Waals surface area contributed by atoms with Crippen LogP contribution >= 0.6 is 0 Å². The van der Waals surface area contributed by atoms with Gasteiger partial charge in [0.2, 0.25) is 0 Å². The number of nitriles is 1. The third-order valence-corrected chi connectivity index (χ3v) is 3.39. The van der Waals surface area contributed by atoms with E-state index in [1.807, 2.05) is 38.4 Å². The number of aryl methyl sites for hydroxylation is 2. The van der Waals surface area contributed by atoms with Crippen molar-refractivity contribution in [2.24, 2.45) is 7.05 Å². The van der Waals surface area contributed by atoms with Crippen molar-refractivity contribution in [3.05, 3.63) is 52.8 Å². The second kappa shape index (κ2) is 6.14. The number of carbonyl (C=O) groups excluding carboxylic acids is 1. The van der Waals surface area contributed by atoms with Crippen LogP contribution in [0.15, 0.2) is 30.5 Å². The molecule has 21 heavy (non-hydrogen) atoms. The van der Waals surface area contributed by atoms with Crippen LogP contribution in [0.4, 0.5) is 5.69 Å². The van der Waals surface area contributed by atoms with Crippen molar-refractivity contribution in [1.29, 1.82) is 5.26 Å². The topological polar surface area (TPSA) is 69.8 Å². The van der Waals surface area contributed by atoms with Gasteiger partial charge in [0, 0.05) is 38.1 Å². The third kappa shape index (κ3) is 3.23. The number of hydrogen-bond acceptors (Lipinski definition) is 3. The molecule has 2 rings (SSSR count). The smallest absolute Gasteiger partial charge is 0.251 e. The normalized spacial score (nSPS) is 10.0. The van der Waals surface area contributed by atoms with Crippen LogP contribution in [-0.4, -0.2) is 17.5 Å². The van der Waals surface area contributed by atoms with Crippen LogP contribution < -0.4 is 10.6 Å². The van der Waals surface area contributed by atoms with Gasteiger partial charge in [0.1, 0.15) is 11.8 Å². The van der Waals surface area contributed by atoms with Crippen LogP contribution in [-0.2, 0) is 13.6 Å². The third-order valence-electron chi connectivity index (χ3n) is 3.39. The molecule has 0 saturated heterocycles. The highest BCUT2D eigenvalue weighted by molar-refractivity contribution is 5.95. The Kier molecular flexibility index (Phi) is 4.29. The number of rotatable bonds is 4. The minimum absolute atomic E-state index is 0.107. The van der Waals surface area contributed by atoms with Crippen molar-refractivity contribution in [3.63, 3.8) is 0 Å². The number of carbonyl (C=O) groups is 1. The Morgan fingerprint density at radius 3 is 2.76 bits per heavy atom. The summed E-state index contributed by atoms with van der Waals surface area (Å²) in [5.74, 6) is -0.107. The molecule has 0 saturated carbocycles. The molecular formula is C16H18N4O. The van der Waals surface area contributed by atoms with Gasteiger partial charge >= 0.3 is 0 Å². The van der Waals surface area contributed by atoms with Crippen molar-refractivity contribution >= 4 is 11.6 Å². The molecule has 1 heterocycles. The van der Waals surface area contributed by atoms with Gasteiger partial charge in [-0.2, -0.15) is 5.26 Å². The molecule has 0 aliphatic rings. The molecule has 0 fully saturated rings. The summed E-state index contributed by atoms with van der Waals surface area (Å²) in [6.45, 7) is 2.59. The van der Waals surface area contributed by atoms with Gasteiger partial charge in [-0.25, -0.2) is 0 Å². The Labute approximate surface area is 124 Å². The predicted molar refractivity (Wildman–Crippen MR) is 82.0 cm³/mol. The molecule has 108 valence electrons. The average molecular weight is 282 g/mol. The summed E-state index contributed by atoms with van der Waals surface area (Å²) in [7, 11) is 3.46. The molecule has 1 aromatic carbocycles. The molecule has 0 aliphatic carbocycles. The van der Waals surface area contributed by atoms with Crippen molar-refractivity contribution in [2.45, 2.75) is 13.5 Å². The van der Waals surface area contributed by atoms with E-state index in [1.165, 1.54) is 0 Å². The fourth-order valence-electron chi connectivity index (χ4n) is 2.14. The van der Waals surface area contributed by atoms with Crippen LogP contribution in [0.3, 0.4) is 0 Å². The minimum Gasteiger partial charge on any atom is -0.381 e. The standard InChI is InChI=1S/C16H18N4O/c1-11-4-5-13(16(21)18-2)7-15(11)19-9-12-6-14(8-17)20(3)10-12/h4-7,10,19H,9H2,1-3H3,(H,18,21). The summed E-state index contributed by atoms with van der Waals surface area (Å²) in [6.07, 6.45) is 1.92. The molecule has 0 atom stereocenters. The fraction of sp³-hybridized carbons (Fsp3) is 0.250. The van der Waals surface area contributed by atoms with Crippen LogP contribution in [0.25, 0.3) is 0 Å². The summed E-state index contributed by atoms with van der Waals surface area (Å²) in [4.78, 5) is 11.7. The van der Waals surface area contributed by atoms with Crippen LogP contribution in [0.1, 0.15) is 27.2 Å². The molecule has 0 aliphatic heterocycles. The molecule has 2 N–H and O–H groups in total. The summed E-state index contributed by atoms with van der Waals surface area (Å²) in [6, 6.07) is 9.54. The Bertz CT molecular complexity index is 710. The Morgan fingerprint density at radius 1 is 1.38 bits per heavy atom. The molecule has 0 radical (unpaired) electrons. The molecule has 5 nitrogen and oxygen atoms in total. The SMILES string of the molecule is CNC(=O)c1ccc(C)c(NCc2cc(C#N)n(C)c2)c1. The first-order valence-corrected chi connectivity index (χ1v) is 6.67. The highest BCUT2D eigenvalue weighted by Crippen LogP contribution is 2.18. The van der Waals surface area contributed by atoms with E-state index in [4.69, 9.17) is 5.26 Å². The number of nitrogens with one attached hydrogen (secondary N) is 2. The highest BCUT2D eigenvalue weighted by Gasteiger charge is 2.07. The molecule has 2 aromatic rings. The van der Waals surface area contributed by atoms with Gasteiger partial charge in [0.05, 0.1) is 0 Å². The zero-order valence-electron chi connectivity index (χ0n) is 12.4. The van der Waals surface area contributed by atoms with Crippen molar-refractivity contribution in [3.8, 4) is 6.07 Å². The average Bonchev–Trinajstić information content (AvgIpc) is 2.85. The quantitative estimate of drug-likeness (QED) is 0.903. The zero-order chi connectivity index (χ0) is 15.4. The summed E-state index contributed by atoms with van der Waals surface area (Å²) >= 11 is 0. The van der Waals surface area contributed by atoms with Gasteiger partial charge in [0.15, 0.2) is 0 Å². The van der Waals surface area contributed by atoms with Gasteiger partial charge in [0.25, 0.3) is 5.91 Å². The Morgan fingerprint density at radius 2 is 2.14 bits per heavy atom. The monoisotopic (exact) mass is 282 g/mol. The van der Waals surface area contributed by atoms with Crippen molar-refractivity contribution < 1.29 is 4.79 Å². The maximum Gasteiger partial charge on any atom is 0.251 e. The van der Waals surface area contributed by atoms with E-state index in [0.29, 0.717) is 17.8 Å². The maximum absolute atomic E-state index is 11.7. The highest BCUT2D eigenvalue weighted by atomic mass is 16.1. The molecule has 1 amide bonds. The van der Waals surface area contributed by atoms with Crippen LogP contribution in [0, 0.1) is 18.3 Å². The lowest BCUT2D eigenvalue weighted by Gasteiger charge is -2.10. The van der Waals surface area contributed by atoms with Gasteiger partial charge in [-0.15, -0.1) is 0 Å². The Hall–Kier alpha value is -2.74. The Balaban J connectivity index is 2.15. The lowest BCUT2D eigenvalue weighted by Crippen LogP contribution is -2.18. The van der Waals surface area contributed by atoms with Crippen LogP contribution in [0.2, 0.25) is 0 Å². The number of amides is 1. The molecule has 0 bridgehead atoms. The van der Waals surface area contributed by atoms with Gasteiger partial charge in [-0.1, -0.05) is 6.07 Å². The van der Waals surface area contributed by atoms with Crippen molar-refractivity contribution in [2.75, 3.05) is 12.4 Å². The largest absolute Gasteiger partial charge is 0.381 e. The second-order valence-electron chi connectivity index (χ2n) is 4.92. The molecule has 5 heteroatoms. The summed E-state index contributed by atoms with van der Waals surface area (Å²) in [5.41, 5.74) is 4.26. The van der Waals surface area contributed by atoms with E-state index in [2.05, 4.69) is 16.7 Å². The lowest BCUT2D eigenvalue weighted by molar-refractivity contribution is 0.0963. The van der Waals surface area contributed by atoms with E-state index in [1.54, 1.807) is 17.7 Å². The number of anilines is 1. The first-order chi connectivity index (χ1) is 10.0. The van der Waals surface area contributed by atoms with E-state index >= 15 is 0 Å². The first kappa shape index (κ1) is 14.7. The summed E-state index contributed by atoms with van der Waals surface area (Å²) < 4.78 is 1.80. The number of nitrogens with zero attached hydrogens (tertiary/aromatic N) is 2. The number of benzene rings is 1. The molecule has 1 aromatic heterocycles. The first-order valence-electron chi connectivity index (χ1n) is 6.67. The minimum atomic E-state index is -0.107. The van der Waals surface area contributed by atoms with Crippen LogP contribution in [0.5, 0.6) is 0 Å². The second-order valence-corrected chi connectivity index (χ2v) is 4.92. The van der Waals surface area contributed by atoms with Gasteiger partial charge in [-0.3, -0.25) is 4.79 Å². The fourth-order valence-corrected chi connectivity index (χ4v) is 2.14. The maximum atomic E-state index is 11.7. The molecule has 0 unspecified atom stereocenters. The predicted octanol–water partition coefficient (Wildman–Crippen LogP) is 2.18. The molecular weight excluding hydrogens is 264 g/mol. The van der Waals surface area contributed by atoms with E-state index in [-0.39, 0.29) is 5.91 Å². The zero-order valence-corrected chi connectivity index (χ0v) is 12.4. The number of hydrogen-bond donors (Lipinski definition) is 2. The summed E-state index contributed by atoms with van der Waals surface area (Å²) in [5, 5.41) is 14.9. The van der Waals surface area contributed by atoms with Crippen molar-refractivity contribution in [1.82, 2.24) is 9.88 Å². The van der Waals surface area contributed by atoms with Gasteiger partial charge in [-0.05, 0) is 36.2 Å². The van der Waals surface area contributed by atoms with E-state index < -0.39 is 0 Å². The van der Waals surface area contributed by atoms with Gasteiger partial charge < -0.3 is 15.2 Å².